The SMILES string of the molecule is CCCNc1nccc(C(=O)NCC2(CC)CC2)c1F. The number of pyridine rings is 1. The van der Waals surface area contributed by atoms with Crippen LogP contribution in [0.5, 0.6) is 0 Å². The van der Waals surface area contributed by atoms with E-state index in [1.807, 2.05) is 6.92 Å². The predicted octanol–water partition coefficient (Wildman–Crippen LogP) is 2.96. The molecule has 0 unspecified atom stereocenters. The maximum absolute atomic E-state index is 14.2. The Balaban J connectivity index is 2.02. The molecular formula is C15H22FN3O. The molecule has 0 spiro atoms. The molecule has 0 aromatic carbocycles. The quantitative estimate of drug-likeness (QED) is 0.807. The summed E-state index contributed by atoms with van der Waals surface area (Å²) >= 11 is 0. The largest absolute Gasteiger partial charge is 0.368 e. The summed E-state index contributed by atoms with van der Waals surface area (Å²) in [6.45, 7) is 5.37. The number of aromatic nitrogens is 1. The summed E-state index contributed by atoms with van der Waals surface area (Å²) in [6.07, 6.45) is 5.67. The molecule has 2 rings (SSSR count). The summed E-state index contributed by atoms with van der Waals surface area (Å²) < 4.78 is 14.2. The van der Waals surface area contributed by atoms with Crippen molar-refractivity contribution < 1.29 is 9.18 Å². The average molecular weight is 279 g/mol. The van der Waals surface area contributed by atoms with Crippen molar-refractivity contribution in [2.24, 2.45) is 5.41 Å². The number of anilines is 1. The van der Waals surface area contributed by atoms with Gasteiger partial charge in [0, 0.05) is 19.3 Å². The van der Waals surface area contributed by atoms with E-state index >= 15 is 0 Å². The van der Waals surface area contributed by atoms with Gasteiger partial charge in [-0.2, -0.15) is 0 Å². The molecular weight excluding hydrogens is 257 g/mol. The molecule has 1 aromatic heterocycles. The van der Waals surface area contributed by atoms with Crippen molar-refractivity contribution in [2.75, 3.05) is 18.4 Å². The number of hydrogen-bond donors (Lipinski definition) is 2. The lowest BCUT2D eigenvalue weighted by Crippen LogP contribution is -2.30. The second-order valence-electron chi connectivity index (χ2n) is 5.48. The van der Waals surface area contributed by atoms with Crippen LogP contribution in [-0.2, 0) is 0 Å². The van der Waals surface area contributed by atoms with E-state index in [1.54, 1.807) is 0 Å². The minimum Gasteiger partial charge on any atom is -0.368 e. The lowest BCUT2D eigenvalue weighted by Gasteiger charge is -2.14. The molecule has 0 radical (unpaired) electrons. The van der Waals surface area contributed by atoms with Crippen molar-refractivity contribution in [3.63, 3.8) is 0 Å². The second kappa shape index (κ2) is 6.20. The molecule has 5 heteroatoms. The van der Waals surface area contributed by atoms with Crippen LogP contribution >= 0.6 is 0 Å². The molecule has 1 aliphatic carbocycles. The maximum atomic E-state index is 14.2. The van der Waals surface area contributed by atoms with E-state index in [0.717, 1.165) is 25.7 Å². The Morgan fingerprint density at radius 1 is 1.45 bits per heavy atom. The van der Waals surface area contributed by atoms with E-state index in [2.05, 4.69) is 22.5 Å². The topological polar surface area (TPSA) is 54.0 Å². The minimum atomic E-state index is -0.570. The standard InChI is InChI=1S/C15H22FN3O/c1-3-8-17-13-12(16)11(5-9-18-13)14(20)19-10-15(4-2)6-7-15/h5,9H,3-4,6-8,10H2,1-2H3,(H,17,18)(H,19,20). The number of halogens is 1. The lowest BCUT2D eigenvalue weighted by molar-refractivity contribution is 0.0940. The number of amides is 1. The van der Waals surface area contributed by atoms with Gasteiger partial charge in [0.2, 0.25) is 0 Å². The van der Waals surface area contributed by atoms with Crippen LogP contribution in [0.4, 0.5) is 10.2 Å². The molecule has 1 fully saturated rings. The molecule has 0 aliphatic heterocycles. The van der Waals surface area contributed by atoms with Gasteiger partial charge >= 0.3 is 0 Å². The Morgan fingerprint density at radius 3 is 2.80 bits per heavy atom. The number of carbonyl (C=O) groups excluding carboxylic acids is 1. The van der Waals surface area contributed by atoms with Crippen LogP contribution < -0.4 is 10.6 Å². The van der Waals surface area contributed by atoms with E-state index in [4.69, 9.17) is 0 Å². The number of nitrogens with zero attached hydrogens (tertiary/aromatic N) is 1. The number of hydrogen-bond acceptors (Lipinski definition) is 3. The van der Waals surface area contributed by atoms with Gasteiger partial charge in [-0.3, -0.25) is 4.79 Å². The Labute approximate surface area is 119 Å². The molecule has 1 amide bonds. The van der Waals surface area contributed by atoms with Crippen LogP contribution in [0, 0.1) is 11.2 Å². The summed E-state index contributed by atoms with van der Waals surface area (Å²) in [4.78, 5) is 16.0. The van der Waals surface area contributed by atoms with Gasteiger partial charge in [-0.25, -0.2) is 9.37 Å². The average Bonchev–Trinajstić information content (AvgIpc) is 3.24. The Hall–Kier alpha value is -1.65. The highest BCUT2D eigenvalue weighted by molar-refractivity contribution is 5.95. The van der Waals surface area contributed by atoms with Gasteiger partial charge in [0.05, 0.1) is 5.56 Å². The molecule has 0 atom stereocenters. The molecule has 1 saturated carbocycles. The lowest BCUT2D eigenvalue weighted by atomic mass is 10.0. The maximum Gasteiger partial charge on any atom is 0.254 e. The molecule has 110 valence electrons. The van der Waals surface area contributed by atoms with Gasteiger partial charge in [-0.15, -0.1) is 0 Å². The van der Waals surface area contributed by atoms with Gasteiger partial charge in [-0.1, -0.05) is 13.8 Å². The van der Waals surface area contributed by atoms with Crippen LogP contribution in [0.3, 0.4) is 0 Å². The van der Waals surface area contributed by atoms with Crippen LogP contribution in [-0.4, -0.2) is 24.0 Å². The third-order valence-corrected chi connectivity index (χ3v) is 4.01. The van der Waals surface area contributed by atoms with Crippen LogP contribution in [0.15, 0.2) is 12.3 Å². The first-order chi connectivity index (χ1) is 9.62. The molecule has 1 aromatic rings. The van der Waals surface area contributed by atoms with E-state index in [0.29, 0.717) is 13.1 Å². The van der Waals surface area contributed by atoms with Crippen molar-refractivity contribution >= 4 is 11.7 Å². The van der Waals surface area contributed by atoms with Crippen LogP contribution in [0.2, 0.25) is 0 Å². The minimum absolute atomic E-state index is 0.0607. The monoisotopic (exact) mass is 279 g/mol. The first-order valence-corrected chi connectivity index (χ1v) is 7.28. The summed E-state index contributed by atoms with van der Waals surface area (Å²) in [6, 6.07) is 1.42. The summed E-state index contributed by atoms with van der Waals surface area (Å²) in [7, 11) is 0. The number of carbonyl (C=O) groups is 1. The molecule has 1 heterocycles. The van der Waals surface area contributed by atoms with E-state index in [1.165, 1.54) is 12.3 Å². The zero-order valence-electron chi connectivity index (χ0n) is 12.1. The number of nitrogens with one attached hydrogen (secondary N) is 2. The first-order valence-electron chi connectivity index (χ1n) is 7.28. The highest BCUT2D eigenvalue weighted by atomic mass is 19.1. The molecule has 20 heavy (non-hydrogen) atoms. The smallest absolute Gasteiger partial charge is 0.254 e. The zero-order valence-corrected chi connectivity index (χ0v) is 12.1. The highest BCUT2D eigenvalue weighted by Gasteiger charge is 2.40. The molecule has 4 nitrogen and oxygen atoms in total. The normalized spacial score (nSPS) is 15.8. The van der Waals surface area contributed by atoms with Crippen molar-refractivity contribution in [3.05, 3.63) is 23.6 Å². The molecule has 2 N–H and O–H groups in total. The Morgan fingerprint density at radius 2 is 2.20 bits per heavy atom. The molecule has 0 bridgehead atoms. The zero-order chi connectivity index (χ0) is 14.6. The molecule has 0 saturated heterocycles. The number of rotatable bonds is 7. The van der Waals surface area contributed by atoms with Gasteiger partial charge in [-0.05, 0) is 37.2 Å². The van der Waals surface area contributed by atoms with Gasteiger partial charge in [0.1, 0.15) is 0 Å². The van der Waals surface area contributed by atoms with Gasteiger partial charge in [0.25, 0.3) is 5.91 Å². The fourth-order valence-electron chi connectivity index (χ4n) is 2.18. The highest BCUT2D eigenvalue weighted by Crippen LogP contribution is 2.47. The third kappa shape index (κ3) is 3.26. The fraction of sp³-hybridized carbons (Fsp3) is 0.600. The van der Waals surface area contributed by atoms with Crippen molar-refractivity contribution in [1.29, 1.82) is 0 Å². The van der Waals surface area contributed by atoms with Crippen molar-refractivity contribution in [2.45, 2.75) is 39.5 Å². The summed E-state index contributed by atoms with van der Waals surface area (Å²) in [5.74, 6) is -0.778. The van der Waals surface area contributed by atoms with E-state index in [-0.39, 0.29) is 22.7 Å². The third-order valence-electron chi connectivity index (χ3n) is 4.01. The van der Waals surface area contributed by atoms with E-state index < -0.39 is 5.82 Å². The predicted molar refractivity (Wildman–Crippen MR) is 77.3 cm³/mol. The second-order valence-corrected chi connectivity index (χ2v) is 5.48. The van der Waals surface area contributed by atoms with Crippen molar-refractivity contribution in [1.82, 2.24) is 10.3 Å². The van der Waals surface area contributed by atoms with Crippen molar-refractivity contribution in [3.8, 4) is 0 Å². The summed E-state index contributed by atoms with van der Waals surface area (Å²) in [5.41, 5.74) is 0.313. The van der Waals surface area contributed by atoms with Crippen LogP contribution in [0.1, 0.15) is 49.9 Å². The molecule has 1 aliphatic rings. The van der Waals surface area contributed by atoms with Crippen LogP contribution in [0.25, 0.3) is 0 Å². The summed E-state index contributed by atoms with van der Waals surface area (Å²) in [5, 5.41) is 5.73. The van der Waals surface area contributed by atoms with Gasteiger partial charge in [0.15, 0.2) is 11.6 Å². The van der Waals surface area contributed by atoms with Gasteiger partial charge < -0.3 is 10.6 Å². The van der Waals surface area contributed by atoms with E-state index in [9.17, 15) is 9.18 Å². The first kappa shape index (κ1) is 14.8. The Kier molecular flexibility index (Phi) is 4.57. The Bertz CT molecular complexity index is 486. The fourth-order valence-corrected chi connectivity index (χ4v) is 2.18.